The molecule has 0 fully saturated rings. The van der Waals surface area contributed by atoms with Crippen LogP contribution in [0.2, 0.25) is 0 Å². The van der Waals surface area contributed by atoms with E-state index in [9.17, 15) is 4.79 Å². The van der Waals surface area contributed by atoms with Crippen molar-refractivity contribution in [1.29, 1.82) is 0 Å². The third-order valence-electron chi connectivity index (χ3n) is 2.59. The zero-order valence-corrected chi connectivity index (χ0v) is 9.89. The summed E-state index contributed by atoms with van der Waals surface area (Å²) < 4.78 is 0. The number of nitrogen functional groups attached to an aromatic ring is 1. The molecule has 4 nitrogen and oxygen atoms in total. The van der Waals surface area contributed by atoms with E-state index in [0.717, 1.165) is 11.3 Å². The molecule has 92 valence electrons. The van der Waals surface area contributed by atoms with E-state index < -0.39 is 0 Å². The summed E-state index contributed by atoms with van der Waals surface area (Å²) in [5.74, 6) is -0.163. The predicted octanol–water partition coefficient (Wildman–Crippen LogP) is 1.98. The molecule has 2 aromatic carbocycles. The van der Waals surface area contributed by atoms with Crippen LogP contribution in [-0.4, -0.2) is 5.91 Å². The molecule has 18 heavy (non-hydrogen) atoms. The molecule has 0 aliphatic carbocycles. The van der Waals surface area contributed by atoms with Gasteiger partial charge in [-0.25, -0.2) is 0 Å². The van der Waals surface area contributed by atoms with Gasteiger partial charge in [0.15, 0.2) is 0 Å². The molecule has 0 aromatic heterocycles. The van der Waals surface area contributed by atoms with Crippen LogP contribution in [-0.2, 0) is 6.54 Å². The van der Waals surface area contributed by atoms with Crippen LogP contribution in [0.5, 0.6) is 0 Å². The summed E-state index contributed by atoms with van der Waals surface area (Å²) in [6.07, 6.45) is 0. The van der Waals surface area contributed by atoms with Crippen LogP contribution < -0.4 is 16.8 Å². The summed E-state index contributed by atoms with van der Waals surface area (Å²) in [5.41, 5.74) is 14.0. The smallest absolute Gasteiger partial charge is 0.255 e. The number of nitrogens with one attached hydrogen (secondary N) is 1. The Morgan fingerprint density at radius 2 is 1.83 bits per heavy atom. The van der Waals surface area contributed by atoms with Crippen molar-refractivity contribution in [3.8, 4) is 0 Å². The highest BCUT2D eigenvalue weighted by molar-refractivity contribution is 6.04. The van der Waals surface area contributed by atoms with Crippen molar-refractivity contribution in [3.05, 3.63) is 59.7 Å². The van der Waals surface area contributed by atoms with Gasteiger partial charge in [-0.15, -0.1) is 0 Å². The molecule has 0 atom stereocenters. The van der Waals surface area contributed by atoms with E-state index in [4.69, 9.17) is 11.5 Å². The molecular weight excluding hydrogens is 226 g/mol. The first-order valence-electron chi connectivity index (χ1n) is 5.65. The van der Waals surface area contributed by atoms with E-state index >= 15 is 0 Å². The Balaban J connectivity index is 2.13. The van der Waals surface area contributed by atoms with Gasteiger partial charge in [-0.05, 0) is 42.0 Å². The standard InChI is InChI=1S/C14H15N3O/c15-9-10-2-1-3-13(8-10)17-14(18)11-4-6-12(16)7-5-11/h1-8H,9,15-16H2,(H,17,18). The number of carbonyl (C=O) groups is 1. The van der Waals surface area contributed by atoms with Crippen molar-refractivity contribution in [1.82, 2.24) is 0 Å². The van der Waals surface area contributed by atoms with Crippen LogP contribution in [0.3, 0.4) is 0 Å². The van der Waals surface area contributed by atoms with Gasteiger partial charge in [0, 0.05) is 23.5 Å². The number of nitrogens with two attached hydrogens (primary N) is 2. The highest BCUT2D eigenvalue weighted by Gasteiger charge is 2.05. The van der Waals surface area contributed by atoms with Gasteiger partial charge in [-0.1, -0.05) is 12.1 Å². The first-order chi connectivity index (χ1) is 8.69. The minimum absolute atomic E-state index is 0.163. The Labute approximate surface area is 106 Å². The number of rotatable bonds is 3. The van der Waals surface area contributed by atoms with Gasteiger partial charge in [-0.2, -0.15) is 0 Å². The predicted molar refractivity (Wildman–Crippen MR) is 73.1 cm³/mol. The van der Waals surface area contributed by atoms with Gasteiger partial charge >= 0.3 is 0 Å². The van der Waals surface area contributed by atoms with E-state index in [0.29, 0.717) is 17.8 Å². The van der Waals surface area contributed by atoms with Gasteiger partial charge in [0.25, 0.3) is 5.91 Å². The third-order valence-corrected chi connectivity index (χ3v) is 2.59. The highest BCUT2D eigenvalue weighted by atomic mass is 16.1. The molecule has 2 rings (SSSR count). The Morgan fingerprint density at radius 1 is 1.11 bits per heavy atom. The normalized spacial score (nSPS) is 10.1. The van der Waals surface area contributed by atoms with E-state index in [-0.39, 0.29) is 5.91 Å². The number of anilines is 2. The average molecular weight is 241 g/mol. The molecule has 1 amide bonds. The summed E-state index contributed by atoms with van der Waals surface area (Å²) in [7, 11) is 0. The minimum Gasteiger partial charge on any atom is -0.399 e. The molecule has 0 aliphatic rings. The average Bonchev–Trinajstić information content (AvgIpc) is 2.39. The molecule has 0 spiro atoms. The van der Waals surface area contributed by atoms with Gasteiger partial charge in [-0.3, -0.25) is 4.79 Å². The topological polar surface area (TPSA) is 81.1 Å². The summed E-state index contributed by atoms with van der Waals surface area (Å²) in [5, 5.41) is 2.82. The van der Waals surface area contributed by atoms with Crippen molar-refractivity contribution < 1.29 is 4.79 Å². The molecule has 0 unspecified atom stereocenters. The molecule has 5 N–H and O–H groups in total. The Morgan fingerprint density at radius 3 is 2.50 bits per heavy atom. The number of hydrogen-bond acceptors (Lipinski definition) is 3. The van der Waals surface area contributed by atoms with E-state index in [1.807, 2.05) is 24.3 Å². The zero-order chi connectivity index (χ0) is 13.0. The molecule has 0 saturated heterocycles. The lowest BCUT2D eigenvalue weighted by Crippen LogP contribution is -2.12. The summed E-state index contributed by atoms with van der Waals surface area (Å²) in [4.78, 5) is 11.9. The maximum Gasteiger partial charge on any atom is 0.255 e. The Hall–Kier alpha value is -2.33. The van der Waals surface area contributed by atoms with Crippen molar-refractivity contribution in [2.75, 3.05) is 11.1 Å². The second-order valence-electron chi connectivity index (χ2n) is 3.98. The summed E-state index contributed by atoms with van der Waals surface area (Å²) in [6, 6.07) is 14.2. The van der Waals surface area contributed by atoms with Gasteiger partial charge in [0.1, 0.15) is 0 Å². The second kappa shape index (κ2) is 5.33. The van der Waals surface area contributed by atoms with Crippen LogP contribution in [0, 0.1) is 0 Å². The molecule has 4 heteroatoms. The van der Waals surface area contributed by atoms with Crippen LogP contribution in [0.15, 0.2) is 48.5 Å². The van der Waals surface area contributed by atoms with Crippen molar-refractivity contribution in [2.24, 2.45) is 5.73 Å². The minimum atomic E-state index is -0.163. The van der Waals surface area contributed by atoms with Crippen LogP contribution in [0.4, 0.5) is 11.4 Å². The maximum absolute atomic E-state index is 11.9. The molecule has 0 saturated carbocycles. The fraction of sp³-hybridized carbons (Fsp3) is 0.0714. The Bertz CT molecular complexity index is 549. The van der Waals surface area contributed by atoms with E-state index in [1.165, 1.54) is 0 Å². The van der Waals surface area contributed by atoms with Crippen molar-refractivity contribution >= 4 is 17.3 Å². The summed E-state index contributed by atoms with van der Waals surface area (Å²) >= 11 is 0. The molecule has 0 bridgehead atoms. The first kappa shape index (κ1) is 12.1. The zero-order valence-electron chi connectivity index (χ0n) is 9.89. The molecule has 2 aromatic rings. The van der Waals surface area contributed by atoms with Crippen LogP contribution >= 0.6 is 0 Å². The quantitative estimate of drug-likeness (QED) is 0.719. The second-order valence-corrected chi connectivity index (χ2v) is 3.98. The van der Waals surface area contributed by atoms with Crippen molar-refractivity contribution in [2.45, 2.75) is 6.54 Å². The first-order valence-corrected chi connectivity index (χ1v) is 5.65. The Kier molecular flexibility index (Phi) is 3.60. The number of carbonyl (C=O) groups excluding carboxylic acids is 1. The number of amides is 1. The third kappa shape index (κ3) is 2.87. The van der Waals surface area contributed by atoms with Crippen LogP contribution in [0.25, 0.3) is 0 Å². The lowest BCUT2D eigenvalue weighted by atomic mass is 10.1. The molecule has 0 radical (unpaired) electrons. The van der Waals surface area contributed by atoms with E-state index in [1.54, 1.807) is 24.3 Å². The lowest BCUT2D eigenvalue weighted by Gasteiger charge is -2.06. The van der Waals surface area contributed by atoms with E-state index in [2.05, 4.69) is 5.32 Å². The largest absolute Gasteiger partial charge is 0.399 e. The monoisotopic (exact) mass is 241 g/mol. The van der Waals surface area contributed by atoms with Crippen LogP contribution in [0.1, 0.15) is 15.9 Å². The van der Waals surface area contributed by atoms with Gasteiger partial charge < -0.3 is 16.8 Å². The molecule has 0 heterocycles. The fourth-order valence-corrected chi connectivity index (χ4v) is 1.61. The summed E-state index contributed by atoms with van der Waals surface area (Å²) in [6.45, 7) is 0.450. The van der Waals surface area contributed by atoms with Gasteiger partial charge in [0.05, 0.1) is 0 Å². The maximum atomic E-state index is 11.9. The SMILES string of the molecule is NCc1cccc(NC(=O)c2ccc(N)cc2)c1. The number of benzene rings is 2. The molecular formula is C14H15N3O. The highest BCUT2D eigenvalue weighted by Crippen LogP contribution is 2.12. The van der Waals surface area contributed by atoms with Gasteiger partial charge in [0.2, 0.25) is 0 Å². The number of hydrogen-bond donors (Lipinski definition) is 3. The van der Waals surface area contributed by atoms with Crippen molar-refractivity contribution in [3.63, 3.8) is 0 Å². The molecule has 0 aliphatic heterocycles. The lowest BCUT2D eigenvalue weighted by molar-refractivity contribution is 0.102. The fourth-order valence-electron chi connectivity index (χ4n) is 1.61.